The van der Waals surface area contributed by atoms with Crippen LogP contribution < -0.4 is 5.73 Å². The van der Waals surface area contributed by atoms with Crippen molar-refractivity contribution in [2.24, 2.45) is 5.73 Å². The molecule has 0 aromatic heterocycles. The third kappa shape index (κ3) is 3.37. The van der Waals surface area contributed by atoms with Crippen molar-refractivity contribution in [3.05, 3.63) is 33.3 Å². The van der Waals surface area contributed by atoms with Gasteiger partial charge in [-0.25, -0.2) is 0 Å². The van der Waals surface area contributed by atoms with E-state index in [0.29, 0.717) is 6.54 Å². The highest BCUT2D eigenvalue weighted by molar-refractivity contribution is 9.10. The van der Waals surface area contributed by atoms with Crippen LogP contribution in [-0.4, -0.2) is 48.6 Å². The van der Waals surface area contributed by atoms with Crippen molar-refractivity contribution in [2.75, 3.05) is 33.2 Å². The van der Waals surface area contributed by atoms with E-state index in [0.717, 1.165) is 29.1 Å². The van der Waals surface area contributed by atoms with Crippen LogP contribution in [0.4, 0.5) is 0 Å². The molecule has 1 aliphatic heterocycles. The number of nitrogens with two attached hydrogens (primary N) is 1. The molecule has 1 saturated heterocycles. The Balaban J connectivity index is 2.26. The highest BCUT2D eigenvalue weighted by Crippen LogP contribution is 2.32. The number of likely N-dealkylation sites (N-methyl/N-ethyl adjacent to an activating group) is 1. The number of benzene rings is 1. The largest absolute Gasteiger partial charge is 0.329 e. The molecule has 0 aliphatic carbocycles. The van der Waals surface area contributed by atoms with Crippen molar-refractivity contribution in [3.63, 3.8) is 0 Å². The van der Waals surface area contributed by atoms with Gasteiger partial charge in [-0.15, -0.1) is 0 Å². The summed E-state index contributed by atoms with van der Waals surface area (Å²) >= 11 is 9.78. The van der Waals surface area contributed by atoms with Crippen LogP contribution in [0.3, 0.4) is 0 Å². The minimum Gasteiger partial charge on any atom is -0.329 e. The summed E-state index contributed by atoms with van der Waals surface area (Å²) in [6, 6.07) is 6.13. The summed E-state index contributed by atoms with van der Waals surface area (Å²) < 4.78 is 1.08. The van der Waals surface area contributed by atoms with Crippen molar-refractivity contribution in [3.8, 4) is 0 Å². The van der Waals surface area contributed by atoms with Gasteiger partial charge in [0.15, 0.2) is 0 Å². The Labute approximate surface area is 135 Å². The molecule has 1 aromatic rings. The molecule has 1 aromatic carbocycles. The first-order chi connectivity index (χ1) is 9.35. The molecule has 2 N–H and O–H groups in total. The van der Waals surface area contributed by atoms with Gasteiger partial charge in [0.25, 0.3) is 0 Å². The van der Waals surface area contributed by atoms with Gasteiger partial charge < -0.3 is 5.73 Å². The SMILES string of the molecule is CN1CCN(C(CN)c2cc(Cl)ccc2Br)CC1(C)C. The second-order valence-electron chi connectivity index (χ2n) is 6.12. The summed E-state index contributed by atoms with van der Waals surface area (Å²) in [6.07, 6.45) is 0. The average molecular weight is 361 g/mol. The lowest BCUT2D eigenvalue weighted by Crippen LogP contribution is -2.58. The van der Waals surface area contributed by atoms with E-state index in [1.165, 1.54) is 5.56 Å². The van der Waals surface area contributed by atoms with Crippen LogP contribution in [0.5, 0.6) is 0 Å². The average Bonchev–Trinajstić information content (AvgIpc) is 2.38. The van der Waals surface area contributed by atoms with Gasteiger partial charge in [0.1, 0.15) is 0 Å². The summed E-state index contributed by atoms with van der Waals surface area (Å²) in [4.78, 5) is 4.88. The van der Waals surface area contributed by atoms with Gasteiger partial charge in [0.2, 0.25) is 0 Å². The van der Waals surface area contributed by atoms with E-state index in [2.05, 4.69) is 46.6 Å². The number of hydrogen-bond donors (Lipinski definition) is 1. The number of rotatable bonds is 3. The number of piperazine rings is 1. The standard InChI is InChI=1S/C15H23BrClN3/c1-15(2)10-20(7-6-19(15)3)14(9-18)12-8-11(17)4-5-13(12)16/h4-5,8,14H,6-7,9-10,18H2,1-3H3. The van der Waals surface area contributed by atoms with Crippen molar-refractivity contribution >= 4 is 27.5 Å². The fourth-order valence-corrected chi connectivity index (χ4v) is 3.48. The predicted octanol–water partition coefficient (Wildman–Crippen LogP) is 3.13. The fraction of sp³-hybridized carbons (Fsp3) is 0.600. The maximum atomic E-state index is 6.15. The van der Waals surface area contributed by atoms with Crippen LogP contribution in [0, 0.1) is 0 Å². The van der Waals surface area contributed by atoms with Crippen LogP contribution in [0.1, 0.15) is 25.5 Å². The molecule has 1 heterocycles. The van der Waals surface area contributed by atoms with Crippen LogP contribution in [0.25, 0.3) is 0 Å². The summed E-state index contributed by atoms with van der Waals surface area (Å²) in [7, 11) is 2.18. The zero-order valence-electron chi connectivity index (χ0n) is 12.4. The summed E-state index contributed by atoms with van der Waals surface area (Å²) in [5.41, 5.74) is 7.40. The molecule has 20 heavy (non-hydrogen) atoms. The molecule has 112 valence electrons. The Morgan fingerprint density at radius 3 is 2.70 bits per heavy atom. The Bertz CT molecular complexity index is 478. The molecule has 1 aliphatic rings. The van der Waals surface area contributed by atoms with Crippen molar-refractivity contribution in [1.29, 1.82) is 0 Å². The molecule has 0 amide bonds. The second-order valence-corrected chi connectivity index (χ2v) is 7.41. The summed E-state index contributed by atoms with van der Waals surface area (Å²) in [5, 5.41) is 0.759. The first-order valence-corrected chi connectivity index (χ1v) is 8.12. The quantitative estimate of drug-likeness (QED) is 0.899. The third-order valence-corrected chi connectivity index (χ3v) is 5.28. The molecule has 0 spiro atoms. The fourth-order valence-electron chi connectivity index (χ4n) is 2.79. The minimum absolute atomic E-state index is 0.163. The minimum atomic E-state index is 0.163. The van der Waals surface area contributed by atoms with Crippen molar-refractivity contribution < 1.29 is 0 Å². The number of hydrogen-bond acceptors (Lipinski definition) is 3. The van der Waals surface area contributed by atoms with E-state index in [-0.39, 0.29) is 11.6 Å². The Kier molecular flexibility index (Phi) is 5.14. The zero-order valence-corrected chi connectivity index (χ0v) is 14.7. The normalized spacial score (nSPS) is 21.9. The number of nitrogens with zero attached hydrogens (tertiary/aromatic N) is 2. The van der Waals surface area contributed by atoms with Crippen LogP contribution >= 0.6 is 27.5 Å². The number of halogens is 2. The van der Waals surface area contributed by atoms with E-state index >= 15 is 0 Å². The van der Waals surface area contributed by atoms with E-state index in [9.17, 15) is 0 Å². The molecule has 3 nitrogen and oxygen atoms in total. The Morgan fingerprint density at radius 1 is 1.40 bits per heavy atom. The molecule has 0 radical (unpaired) electrons. The van der Waals surface area contributed by atoms with Gasteiger partial charge in [-0.3, -0.25) is 9.80 Å². The van der Waals surface area contributed by atoms with Crippen LogP contribution in [0.15, 0.2) is 22.7 Å². The van der Waals surface area contributed by atoms with Crippen LogP contribution in [-0.2, 0) is 0 Å². The molecule has 5 heteroatoms. The molecule has 1 atom stereocenters. The molecule has 1 fully saturated rings. The second kappa shape index (κ2) is 6.32. The smallest absolute Gasteiger partial charge is 0.0483 e. The lowest BCUT2D eigenvalue weighted by atomic mass is 9.96. The lowest BCUT2D eigenvalue weighted by Gasteiger charge is -2.48. The first kappa shape index (κ1) is 16.2. The maximum Gasteiger partial charge on any atom is 0.0483 e. The summed E-state index contributed by atoms with van der Waals surface area (Å²) in [6.45, 7) is 8.24. The molecule has 1 unspecified atom stereocenters. The topological polar surface area (TPSA) is 32.5 Å². The Hall–Kier alpha value is -0.130. The van der Waals surface area contributed by atoms with E-state index < -0.39 is 0 Å². The van der Waals surface area contributed by atoms with Gasteiger partial charge in [0, 0.05) is 47.3 Å². The van der Waals surface area contributed by atoms with Gasteiger partial charge in [-0.2, -0.15) is 0 Å². The highest BCUT2D eigenvalue weighted by Gasteiger charge is 2.34. The van der Waals surface area contributed by atoms with Crippen LogP contribution in [0.2, 0.25) is 5.02 Å². The first-order valence-electron chi connectivity index (χ1n) is 6.95. The zero-order chi connectivity index (χ0) is 14.9. The molecular formula is C15H23BrClN3. The van der Waals surface area contributed by atoms with E-state index in [1.54, 1.807) is 0 Å². The van der Waals surface area contributed by atoms with Gasteiger partial charge in [-0.05, 0) is 44.7 Å². The predicted molar refractivity (Wildman–Crippen MR) is 89.2 cm³/mol. The van der Waals surface area contributed by atoms with Gasteiger partial charge in [0.05, 0.1) is 0 Å². The molecular weight excluding hydrogens is 338 g/mol. The summed E-state index contributed by atoms with van der Waals surface area (Å²) in [5.74, 6) is 0. The highest BCUT2D eigenvalue weighted by atomic mass is 79.9. The van der Waals surface area contributed by atoms with Gasteiger partial charge in [-0.1, -0.05) is 27.5 Å². The Morgan fingerprint density at radius 2 is 2.10 bits per heavy atom. The monoisotopic (exact) mass is 359 g/mol. The third-order valence-electron chi connectivity index (χ3n) is 4.33. The molecule has 0 saturated carbocycles. The van der Waals surface area contributed by atoms with Crippen molar-refractivity contribution in [1.82, 2.24) is 9.80 Å². The van der Waals surface area contributed by atoms with E-state index in [1.807, 2.05) is 18.2 Å². The van der Waals surface area contributed by atoms with Gasteiger partial charge >= 0.3 is 0 Å². The lowest BCUT2D eigenvalue weighted by molar-refractivity contribution is 0.0179. The maximum absolute atomic E-state index is 6.15. The molecule has 0 bridgehead atoms. The van der Waals surface area contributed by atoms with E-state index in [4.69, 9.17) is 17.3 Å². The molecule has 2 rings (SSSR count). The van der Waals surface area contributed by atoms with Crippen molar-refractivity contribution in [2.45, 2.75) is 25.4 Å².